The highest BCUT2D eigenvalue weighted by molar-refractivity contribution is 5.86. The van der Waals surface area contributed by atoms with Crippen molar-refractivity contribution >= 4 is 17.8 Å². The summed E-state index contributed by atoms with van der Waals surface area (Å²) in [5.74, 6) is 1.19. The second-order valence-electron chi connectivity index (χ2n) is 7.72. The summed E-state index contributed by atoms with van der Waals surface area (Å²) < 4.78 is 0. The number of nitrogens with zero attached hydrogens (tertiary/aromatic N) is 5. The second kappa shape index (κ2) is 9.39. The van der Waals surface area contributed by atoms with Crippen molar-refractivity contribution in [3.63, 3.8) is 0 Å². The van der Waals surface area contributed by atoms with Crippen molar-refractivity contribution in [2.24, 2.45) is 4.99 Å². The molecular weight excluding hydrogens is 344 g/mol. The van der Waals surface area contributed by atoms with Crippen LogP contribution in [0.2, 0.25) is 0 Å². The number of rotatable bonds is 4. The van der Waals surface area contributed by atoms with Gasteiger partial charge in [-0.2, -0.15) is 0 Å². The fraction of sp³-hybridized carbons (Fsp3) is 0.842. The Morgan fingerprint density at radius 3 is 1.96 bits per heavy atom. The van der Waals surface area contributed by atoms with Crippen LogP contribution in [0.5, 0.6) is 0 Å². The van der Waals surface area contributed by atoms with Crippen molar-refractivity contribution in [2.45, 2.75) is 38.6 Å². The van der Waals surface area contributed by atoms with Crippen molar-refractivity contribution in [3.05, 3.63) is 0 Å². The molecule has 2 amide bonds. The van der Waals surface area contributed by atoms with E-state index in [1.54, 1.807) is 7.05 Å². The number of carbonyl (C=O) groups is 2. The minimum Gasteiger partial charge on any atom is -0.347 e. The summed E-state index contributed by atoms with van der Waals surface area (Å²) in [6, 6.07) is -0.0584. The quantitative estimate of drug-likeness (QED) is 0.543. The number of hydrogen-bond acceptors (Lipinski definition) is 4. The molecule has 3 saturated heterocycles. The van der Waals surface area contributed by atoms with Crippen LogP contribution in [0.4, 0.5) is 0 Å². The maximum absolute atomic E-state index is 12.6. The molecule has 0 radical (unpaired) electrons. The molecule has 27 heavy (non-hydrogen) atoms. The highest BCUT2D eigenvalue weighted by atomic mass is 16.2. The van der Waals surface area contributed by atoms with Crippen LogP contribution >= 0.6 is 0 Å². The molecule has 0 aliphatic carbocycles. The van der Waals surface area contributed by atoms with Gasteiger partial charge in [-0.25, -0.2) is 0 Å². The van der Waals surface area contributed by atoms with E-state index in [9.17, 15) is 9.59 Å². The number of guanidine groups is 1. The predicted octanol–water partition coefficient (Wildman–Crippen LogP) is -0.187. The molecule has 0 aromatic heterocycles. The van der Waals surface area contributed by atoms with E-state index in [1.165, 1.54) is 0 Å². The largest absolute Gasteiger partial charge is 0.347 e. The summed E-state index contributed by atoms with van der Waals surface area (Å²) in [6.45, 7) is 9.19. The summed E-state index contributed by atoms with van der Waals surface area (Å²) in [6.07, 6.45) is 4.47. The summed E-state index contributed by atoms with van der Waals surface area (Å²) >= 11 is 0. The summed E-state index contributed by atoms with van der Waals surface area (Å²) in [5.41, 5.74) is 0. The first-order valence-electron chi connectivity index (χ1n) is 10.4. The van der Waals surface area contributed by atoms with Gasteiger partial charge in [-0.05, 0) is 32.6 Å². The highest BCUT2D eigenvalue weighted by Crippen LogP contribution is 2.14. The summed E-state index contributed by atoms with van der Waals surface area (Å²) in [5, 5.41) is 3.22. The normalized spacial score (nSPS) is 23.0. The number of carbonyl (C=O) groups excluding carboxylic acids is 2. The van der Waals surface area contributed by atoms with E-state index in [2.05, 4.69) is 20.1 Å². The van der Waals surface area contributed by atoms with Crippen molar-refractivity contribution in [2.75, 3.05) is 66.0 Å². The fourth-order valence-corrected chi connectivity index (χ4v) is 4.24. The Morgan fingerprint density at radius 2 is 1.41 bits per heavy atom. The molecule has 8 nitrogen and oxygen atoms in total. The first kappa shape index (κ1) is 19.9. The van der Waals surface area contributed by atoms with E-state index in [0.717, 1.165) is 84.0 Å². The Bertz CT molecular complexity index is 546. The molecule has 3 heterocycles. The van der Waals surface area contributed by atoms with E-state index >= 15 is 0 Å². The molecule has 0 aromatic carbocycles. The number of piperazine rings is 1. The number of hydrogen-bond donors (Lipinski definition) is 1. The lowest BCUT2D eigenvalue weighted by Gasteiger charge is -2.39. The van der Waals surface area contributed by atoms with Crippen molar-refractivity contribution in [1.29, 1.82) is 0 Å². The number of amides is 2. The van der Waals surface area contributed by atoms with Gasteiger partial charge in [0.25, 0.3) is 0 Å². The average Bonchev–Trinajstić information content (AvgIpc) is 3.41. The molecule has 3 aliphatic rings. The topological polar surface area (TPSA) is 71.5 Å². The molecule has 1 N–H and O–H groups in total. The molecule has 3 fully saturated rings. The lowest BCUT2D eigenvalue weighted by molar-refractivity contribution is -0.135. The van der Waals surface area contributed by atoms with E-state index in [0.29, 0.717) is 6.54 Å². The lowest BCUT2D eigenvalue weighted by atomic mass is 10.2. The van der Waals surface area contributed by atoms with Gasteiger partial charge < -0.3 is 20.0 Å². The molecule has 152 valence electrons. The maximum Gasteiger partial charge on any atom is 0.241 e. The zero-order valence-electron chi connectivity index (χ0n) is 16.8. The molecule has 1 unspecified atom stereocenters. The molecule has 1 atom stereocenters. The Kier molecular flexibility index (Phi) is 6.93. The molecule has 3 aliphatic heterocycles. The van der Waals surface area contributed by atoms with Crippen LogP contribution < -0.4 is 5.32 Å². The zero-order chi connectivity index (χ0) is 19.2. The van der Waals surface area contributed by atoms with Crippen molar-refractivity contribution < 1.29 is 9.59 Å². The third kappa shape index (κ3) is 4.91. The van der Waals surface area contributed by atoms with Gasteiger partial charge in [0.05, 0.1) is 12.6 Å². The SMILES string of the molecule is CN=C(NCC(=O)N1CCCC1)N1CCN(C(C)C(=O)N2CCCC2)CC1. The number of aliphatic imine (C=N–C) groups is 1. The number of likely N-dealkylation sites (tertiary alicyclic amines) is 2. The monoisotopic (exact) mass is 378 g/mol. The third-order valence-electron chi connectivity index (χ3n) is 6.00. The summed E-state index contributed by atoms with van der Waals surface area (Å²) in [7, 11) is 1.76. The minimum absolute atomic E-state index is 0.0584. The van der Waals surface area contributed by atoms with Crippen LogP contribution in [0.25, 0.3) is 0 Å². The Labute approximate surface area is 162 Å². The summed E-state index contributed by atoms with van der Waals surface area (Å²) in [4.78, 5) is 37.6. The molecule has 8 heteroatoms. The Balaban J connectivity index is 1.44. The molecular formula is C19H34N6O2. The van der Waals surface area contributed by atoms with Gasteiger partial charge in [0, 0.05) is 59.4 Å². The third-order valence-corrected chi connectivity index (χ3v) is 6.00. The van der Waals surface area contributed by atoms with Gasteiger partial charge in [-0.3, -0.25) is 19.5 Å². The standard InChI is InChI=1S/C19H34N6O2/c1-16(18(27)24-9-5-6-10-24)22-11-13-25(14-12-22)19(20-2)21-15-17(26)23-7-3-4-8-23/h16H,3-15H2,1-2H3,(H,20,21). The van der Waals surface area contributed by atoms with Gasteiger partial charge in [0.1, 0.15) is 0 Å². The Morgan fingerprint density at radius 1 is 0.852 bits per heavy atom. The van der Waals surface area contributed by atoms with Crippen molar-refractivity contribution in [1.82, 2.24) is 24.9 Å². The van der Waals surface area contributed by atoms with Crippen LogP contribution in [-0.2, 0) is 9.59 Å². The van der Waals surface area contributed by atoms with Crippen molar-refractivity contribution in [3.8, 4) is 0 Å². The van der Waals surface area contributed by atoms with E-state index < -0.39 is 0 Å². The Hall–Kier alpha value is -1.83. The van der Waals surface area contributed by atoms with E-state index in [-0.39, 0.29) is 17.9 Å². The second-order valence-corrected chi connectivity index (χ2v) is 7.72. The zero-order valence-corrected chi connectivity index (χ0v) is 16.8. The molecule has 0 bridgehead atoms. The van der Waals surface area contributed by atoms with E-state index in [4.69, 9.17) is 0 Å². The van der Waals surface area contributed by atoms with Crippen LogP contribution in [0, 0.1) is 0 Å². The number of nitrogens with one attached hydrogen (secondary N) is 1. The van der Waals surface area contributed by atoms with Crippen LogP contribution in [0.1, 0.15) is 32.6 Å². The fourth-order valence-electron chi connectivity index (χ4n) is 4.24. The van der Waals surface area contributed by atoms with Gasteiger partial charge in [-0.1, -0.05) is 0 Å². The van der Waals surface area contributed by atoms with Gasteiger partial charge >= 0.3 is 0 Å². The van der Waals surface area contributed by atoms with Crippen LogP contribution in [0.15, 0.2) is 4.99 Å². The lowest BCUT2D eigenvalue weighted by Crippen LogP contribution is -2.57. The predicted molar refractivity (Wildman–Crippen MR) is 106 cm³/mol. The first-order valence-corrected chi connectivity index (χ1v) is 10.4. The molecule has 3 rings (SSSR count). The minimum atomic E-state index is -0.0584. The molecule has 0 saturated carbocycles. The van der Waals surface area contributed by atoms with E-state index in [1.807, 2.05) is 16.7 Å². The highest BCUT2D eigenvalue weighted by Gasteiger charge is 2.30. The van der Waals surface area contributed by atoms with Crippen LogP contribution in [0.3, 0.4) is 0 Å². The van der Waals surface area contributed by atoms with Crippen LogP contribution in [-0.4, -0.2) is 109 Å². The average molecular weight is 379 g/mol. The van der Waals surface area contributed by atoms with Gasteiger partial charge in [0.2, 0.25) is 11.8 Å². The molecule has 0 spiro atoms. The maximum atomic E-state index is 12.6. The first-order chi connectivity index (χ1) is 13.1. The van der Waals surface area contributed by atoms with Gasteiger partial charge in [-0.15, -0.1) is 0 Å². The van der Waals surface area contributed by atoms with Gasteiger partial charge in [0.15, 0.2) is 5.96 Å². The molecule has 0 aromatic rings. The smallest absolute Gasteiger partial charge is 0.241 e.